The Morgan fingerprint density at radius 1 is 1.61 bits per heavy atom. The monoisotopic (exact) mass is 315 g/mol. The zero-order valence-electron chi connectivity index (χ0n) is 9.85. The van der Waals surface area contributed by atoms with Crippen molar-refractivity contribution in [1.29, 1.82) is 0 Å². The molecule has 0 heterocycles. The van der Waals surface area contributed by atoms with E-state index in [-0.39, 0.29) is 11.4 Å². The average molecular weight is 316 g/mol. The summed E-state index contributed by atoms with van der Waals surface area (Å²) < 4.78 is 0.574. The van der Waals surface area contributed by atoms with Gasteiger partial charge in [-0.2, -0.15) is 0 Å². The van der Waals surface area contributed by atoms with Gasteiger partial charge in [0.2, 0.25) is 5.91 Å². The van der Waals surface area contributed by atoms with Crippen molar-refractivity contribution in [2.24, 2.45) is 5.73 Å². The van der Waals surface area contributed by atoms with Crippen LogP contribution in [0.3, 0.4) is 0 Å². The summed E-state index contributed by atoms with van der Waals surface area (Å²) in [5.74, 6) is -0.415. The van der Waals surface area contributed by atoms with Crippen LogP contribution in [-0.4, -0.2) is 16.9 Å². The van der Waals surface area contributed by atoms with Gasteiger partial charge in [0.05, 0.1) is 11.0 Å². The first-order valence-corrected chi connectivity index (χ1v) is 6.25. The summed E-state index contributed by atoms with van der Waals surface area (Å²) in [6, 6.07) is 3.77. The molecule has 1 unspecified atom stereocenters. The third-order valence-corrected chi connectivity index (χ3v) is 2.84. The molecule has 0 aliphatic heterocycles. The molecule has 18 heavy (non-hydrogen) atoms. The van der Waals surface area contributed by atoms with Gasteiger partial charge in [-0.05, 0) is 18.6 Å². The molecule has 6 nitrogen and oxygen atoms in total. The Morgan fingerprint density at radius 3 is 2.83 bits per heavy atom. The summed E-state index contributed by atoms with van der Waals surface area (Å²) in [5, 5.41) is 13.3. The minimum atomic E-state index is -0.654. The van der Waals surface area contributed by atoms with Crippen molar-refractivity contribution >= 4 is 33.2 Å². The molecular formula is C11H14BrN3O3. The molecule has 98 valence electrons. The van der Waals surface area contributed by atoms with Crippen molar-refractivity contribution in [2.75, 3.05) is 5.32 Å². The van der Waals surface area contributed by atoms with Crippen LogP contribution in [-0.2, 0) is 4.79 Å². The van der Waals surface area contributed by atoms with Gasteiger partial charge in [0, 0.05) is 10.5 Å². The lowest BCUT2D eigenvalue weighted by Crippen LogP contribution is -2.35. The highest BCUT2D eigenvalue weighted by Crippen LogP contribution is 2.28. The van der Waals surface area contributed by atoms with Crippen LogP contribution < -0.4 is 11.1 Å². The lowest BCUT2D eigenvalue weighted by atomic mass is 10.1. The predicted octanol–water partition coefficient (Wildman–Crippen LogP) is 2.42. The molecule has 1 aromatic rings. The quantitative estimate of drug-likeness (QED) is 0.644. The van der Waals surface area contributed by atoms with Crippen LogP contribution >= 0.6 is 15.9 Å². The Morgan fingerprint density at radius 2 is 2.28 bits per heavy atom. The number of nitrogens with one attached hydrogen (secondary N) is 1. The molecule has 0 fully saturated rings. The lowest BCUT2D eigenvalue weighted by Gasteiger charge is -2.11. The maximum absolute atomic E-state index is 11.7. The molecule has 0 saturated heterocycles. The number of nitro groups is 1. The van der Waals surface area contributed by atoms with Crippen LogP contribution in [0.25, 0.3) is 0 Å². The number of nitrogens with two attached hydrogens (primary N) is 1. The summed E-state index contributed by atoms with van der Waals surface area (Å²) in [5.41, 5.74) is 5.63. The highest BCUT2D eigenvalue weighted by molar-refractivity contribution is 9.10. The third-order valence-electron chi connectivity index (χ3n) is 2.35. The van der Waals surface area contributed by atoms with E-state index in [1.165, 1.54) is 12.1 Å². The van der Waals surface area contributed by atoms with Gasteiger partial charge >= 0.3 is 0 Å². The molecule has 0 radical (unpaired) electrons. The topological polar surface area (TPSA) is 98.3 Å². The second-order valence-corrected chi connectivity index (χ2v) is 4.72. The van der Waals surface area contributed by atoms with Crippen molar-refractivity contribution in [3.63, 3.8) is 0 Å². The smallest absolute Gasteiger partial charge is 0.293 e. The molecule has 0 aromatic heterocycles. The molecule has 0 aliphatic rings. The minimum absolute atomic E-state index is 0.153. The van der Waals surface area contributed by atoms with E-state index in [1.54, 1.807) is 6.07 Å². The van der Waals surface area contributed by atoms with Gasteiger partial charge in [0.25, 0.3) is 5.69 Å². The summed E-state index contributed by atoms with van der Waals surface area (Å²) in [7, 11) is 0. The van der Waals surface area contributed by atoms with Crippen molar-refractivity contribution in [1.82, 2.24) is 0 Å². The van der Waals surface area contributed by atoms with Gasteiger partial charge in [0.1, 0.15) is 5.69 Å². The standard InChI is InChI=1S/C11H14BrN3O3/c1-2-3-8(13)11(16)14-9-5-4-7(12)6-10(9)15(17)18/h4-6,8H,2-3,13H2,1H3,(H,14,16). The summed E-state index contributed by atoms with van der Waals surface area (Å²) >= 11 is 3.14. The van der Waals surface area contributed by atoms with Crippen LogP contribution in [0.4, 0.5) is 11.4 Å². The zero-order valence-corrected chi connectivity index (χ0v) is 11.4. The van der Waals surface area contributed by atoms with E-state index in [1.807, 2.05) is 6.92 Å². The molecule has 0 bridgehead atoms. The number of nitro benzene ring substituents is 1. The van der Waals surface area contributed by atoms with Crippen molar-refractivity contribution in [3.05, 3.63) is 32.8 Å². The van der Waals surface area contributed by atoms with E-state index in [0.717, 1.165) is 6.42 Å². The van der Waals surface area contributed by atoms with E-state index in [0.29, 0.717) is 10.9 Å². The summed E-state index contributed by atoms with van der Waals surface area (Å²) in [6.07, 6.45) is 1.31. The zero-order chi connectivity index (χ0) is 13.7. The van der Waals surface area contributed by atoms with Gasteiger partial charge < -0.3 is 11.1 Å². The van der Waals surface area contributed by atoms with Gasteiger partial charge in [-0.25, -0.2) is 0 Å². The number of nitrogens with zero attached hydrogens (tertiary/aromatic N) is 1. The lowest BCUT2D eigenvalue weighted by molar-refractivity contribution is -0.384. The predicted molar refractivity (Wildman–Crippen MR) is 72.3 cm³/mol. The molecule has 0 aliphatic carbocycles. The largest absolute Gasteiger partial charge is 0.320 e. The molecule has 0 saturated carbocycles. The summed E-state index contributed by atoms with van der Waals surface area (Å²) in [6.45, 7) is 1.91. The molecule has 1 rings (SSSR count). The van der Waals surface area contributed by atoms with E-state index >= 15 is 0 Å². The van der Waals surface area contributed by atoms with Crippen molar-refractivity contribution in [2.45, 2.75) is 25.8 Å². The molecule has 3 N–H and O–H groups in total. The number of amides is 1. The molecule has 0 spiro atoms. The molecule has 1 atom stereocenters. The van der Waals surface area contributed by atoms with E-state index in [2.05, 4.69) is 21.2 Å². The van der Waals surface area contributed by atoms with E-state index in [9.17, 15) is 14.9 Å². The molecule has 1 aromatic carbocycles. The first-order valence-electron chi connectivity index (χ1n) is 5.46. The van der Waals surface area contributed by atoms with Crippen LogP contribution in [0.15, 0.2) is 22.7 Å². The van der Waals surface area contributed by atoms with Gasteiger partial charge in [-0.1, -0.05) is 29.3 Å². The van der Waals surface area contributed by atoms with Crippen LogP contribution in [0, 0.1) is 10.1 Å². The van der Waals surface area contributed by atoms with Crippen molar-refractivity contribution in [3.8, 4) is 0 Å². The van der Waals surface area contributed by atoms with E-state index < -0.39 is 16.9 Å². The first-order chi connectivity index (χ1) is 8.45. The van der Waals surface area contributed by atoms with E-state index in [4.69, 9.17) is 5.73 Å². The second-order valence-electron chi connectivity index (χ2n) is 3.80. The van der Waals surface area contributed by atoms with Crippen LogP contribution in [0.1, 0.15) is 19.8 Å². The number of halogens is 1. The maximum atomic E-state index is 11.7. The van der Waals surface area contributed by atoms with Gasteiger partial charge in [0.15, 0.2) is 0 Å². The molecule has 1 amide bonds. The Labute approximate surface area is 113 Å². The first kappa shape index (κ1) is 14.6. The average Bonchev–Trinajstić information content (AvgIpc) is 2.31. The SMILES string of the molecule is CCCC(N)C(=O)Nc1ccc(Br)cc1[N+](=O)[O-]. The Balaban J connectivity index is 2.90. The number of anilines is 1. The van der Waals surface area contributed by atoms with Crippen molar-refractivity contribution < 1.29 is 9.72 Å². The number of hydrogen-bond donors (Lipinski definition) is 2. The fraction of sp³-hybridized carbons (Fsp3) is 0.364. The highest BCUT2D eigenvalue weighted by atomic mass is 79.9. The Hall–Kier alpha value is -1.47. The second kappa shape index (κ2) is 6.46. The molecular weight excluding hydrogens is 302 g/mol. The molecule has 7 heteroatoms. The number of rotatable bonds is 5. The number of hydrogen-bond acceptors (Lipinski definition) is 4. The fourth-order valence-electron chi connectivity index (χ4n) is 1.43. The summed E-state index contributed by atoms with van der Waals surface area (Å²) in [4.78, 5) is 22.0. The minimum Gasteiger partial charge on any atom is -0.320 e. The maximum Gasteiger partial charge on any atom is 0.293 e. The Kier molecular flexibility index (Phi) is 5.24. The Bertz CT molecular complexity index is 465. The van der Waals surface area contributed by atoms with Crippen LogP contribution in [0.5, 0.6) is 0 Å². The van der Waals surface area contributed by atoms with Gasteiger partial charge in [-0.3, -0.25) is 14.9 Å². The highest BCUT2D eigenvalue weighted by Gasteiger charge is 2.19. The number of carbonyl (C=O) groups is 1. The van der Waals surface area contributed by atoms with Gasteiger partial charge in [-0.15, -0.1) is 0 Å². The fourth-order valence-corrected chi connectivity index (χ4v) is 1.78. The number of carbonyl (C=O) groups excluding carboxylic acids is 1. The number of benzene rings is 1. The normalized spacial score (nSPS) is 11.9. The van der Waals surface area contributed by atoms with Crippen LogP contribution in [0.2, 0.25) is 0 Å². The third kappa shape index (κ3) is 3.78.